The van der Waals surface area contributed by atoms with Crippen LogP contribution in [0.1, 0.15) is 41.3 Å². The molecule has 0 spiro atoms. The van der Waals surface area contributed by atoms with Crippen LogP contribution in [-0.4, -0.2) is 24.7 Å². The van der Waals surface area contributed by atoms with Gasteiger partial charge in [-0.1, -0.05) is 59.6 Å². The largest absolute Gasteiger partial charge is 0.494 e. The van der Waals surface area contributed by atoms with E-state index in [-0.39, 0.29) is 5.91 Å². The second kappa shape index (κ2) is 13.1. The maximum atomic E-state index is 12.4. The van der Waals surface area contributed by atoms with Gasteiger partial charge in [0.25, 0.3) is 5.91 Å². The van der Waals surface area contributed by atoms with Crippen molar-refractivity contribution in [3.8, 4) is 11.5 Å². The van der Waals surface area contributed by atoms with Crippen molar-refractivity contribution in [3.05, 3.63) is 100 Å². The Morgan fingerprint density at radius 2 is 1.79 bits per heavy atom. The van der Waals surface area contributed by atoms with E-state index in [4.69, 9.17) is 9.47 Å². The molecular formula is C27H25BrN2O4. The molecule has 1 N–H and O–H groups in total. The van der Waals surface area contributed by atoms with E-state index in [1.165, 1.54) is 12.3 Å². The first-order chi connectivity index (χ1) is 16.5. The van der Waals surface area contributed by atoms with Gasteiger partial charge in [0.15, 0.2) is 0 Å². The molecule has 0 atom stereocenters. The van der Waals surface area contributed by atoms with Crippen LogP contribution >= 0.6 is 15.9 Å². The number of nitrogens with zero attached hydrogens (tertiary/aromatic N) is 1. The van der Waals surface area contributed by atoms with Gasteiger partial charge in [-0.2, -0.15) is 5.10 Å². The van der Waals surface area contributed by atoms with Crippen molar-refractivity contribution in [1.29, 1.82) is 0 Å². The first kappa shape index (κ1) is 24.9. The van der Waals surface area contributed by atoms with Crippen LogP contribution in [0, 0.1) is 0 Å². The highest BCUT2D eigenvalue weighted by Gasteiger charge is 2.08. The second-order valence-corrected chi connectivity index (χ2v) is 8.19. The summed E-state index contributed by atoms with van der Waals surface area (Å²) in [6.45, 7) is 2.75. The number of unbranched alkanes of at least 4 members (excludes halogenated alkanes) is 1. The quantitative estimate of drug-likeness (QED) is 0.0886. The van der Waals surface area contributed by atoms with E-state index >= 15 is 0 Å². The summed E-state index contributed by atoms with van der Waals surface area (Å²) in [4.78, 5) is 24.6. The minimum Gasteiger partial charge on any atom is -0.494 e. The van der Waals surface area contributed by atoms with Crippen molar-refractivity contribution >= 4 is 40.1 Å². The lowest BCUT2D eigenvalue weighted by molar-refractivity contribution is -0.128. The molecule has 7 heteroatoms. The Morgan fingerprint density at radius 1 is 1.03 bits per heavy atom. The molecule has 3 aromatic carbocycles. The molecule has 0 unspecified atom stereocenters. The first-order valence-corrected chi connectivity index (χ1v) is 11.6. The van der Waals surface area contributed by atoms with Crippen LogP contribution in [0.4, 0.5) is 0 Å². The molecule has 0 aromatic heterocycles. The number of hydrogen-bond acceptors (Lipinski definition) is 5. The van der Waals surface area contributed by atoms with Crippen molar-refractivity contribution in [2.24, 2.45) is 5.10 Å². The normalized spacial score (nSPS) is 11.0. The van der Waals surface area contributed by atoms with E-state index in [1.54, 1.807) is 48.5 Å². The Bertz CT molecular complexity index is 1160. The number of nitrogens with one attached hydrogen (secondary N) is 1. The zero-order valence-corrected chi connectivity index (χ0v) is 20.3. The Hall–Kier alpha value is -3.71. The fraction of sp³-hybridized carbons (Fsp3) is 0.148. The molecule has 0 radical (unpaired) electrons. The van der Waals surface area contributed by atoms with Crippen LogP contribution < -0.4 is 14.9 Å². The minimum atomic E-state index is -0.522. The van der Waals surface area contributed by atoms with E-state index in [1.807, 2.05) is 30.3 Å². The Labute approximate surface area is 207 Å². The van der Waals surface area contributed by atoms with Crippen molar-refractivity contribution in [2.45, 2.75) is 19.8 Å². The van der Waals surface area contributed by atoms with Gasteiger partial charge < -0.3 is 9.47 Å². The molecule has 3 rings (SSSR count). The first-order valence-electron chi connectivity index (χ1n) is 10.9. The molecule has 3 aromatic rings. The summed E-state index contributed by atoms with van der Waals surface area (Å²) in [5.74, 6) is 0.148. The highest BCUT2D eigenvalue weighted by atomic mass is 79.9. The lowest BCUT2D eigenvalue weighted by Crippen LogP contribution is -2.17. The summed E-state index contributed by atoms with van der Waals surface area (Å²) in [5.41, 5.74) is 4.35. The maximum Gasteiger partial charge on any atom is 0.336 e. The van der Waals surface area contributed by atoms with Gasteiger partial charge in [0.2, 0.25) is 0 Å². The third-order valence-corrected chi connectivity index (χ3v) is 5.14. The number of carbonyl (C=O) groups excluding carboxylic acids is 2. The number of carbonyl (C=O) groups is 2. The van der Waals surface area contributed by atoms with Crippen molar-refractivity contribution in [1.82, 2.24) is 5.43 Å². The van der Waals surface area contributed by atoms with Crippen LogP contribution in [0.2, 0.25) is 0 Å². The second-order valence-electron chi connectivity index (χ2n) is 7.27. The third kappa shape index (κ3) is 8.01. The fourth-order valence-corrected chi connectivity index (χ4v) is 3.22. The molecule has 1 amide bonds. The van der Waals surface area contributed by atoms with Crippen molar-refractivity contribution < 1.29 is 19.1 Å². The number of amides is 1. The molecule has 0 bridgehead atoms. The highest BCUT2D eigenvalue weighted by molar-refractivity contribution is 9.10. The van der Waals surface area contributed by atoms with E-state index in [0.29, 0.717) is 23.5 Å². The van der Waals surface area contributed by atoms with Gasteiger partial charge in [0, 0.05) is 21.7 Å². The standard InChI is InChI=1S/C27H25BrN2O4/c1-2-3-17-33-24-13-10-21(11-14-24)27(32)30-29-19-22-18-23(28)12-15-25(22)34-26(31)16-9-20-7-5-4-6-8-20/h4-16,18-19H,2-3,17H2,1H3,(H,30,32)/b16-9+,29-19+. The SMILES string of the molecule is CCCCOc1ccc(C(=O)N/N=C/c2cc(Br)ccc2OC(=O)/C=C/c2ccccc2)cc1. The van der Waals surface area contributed by atoms with Crippen LogP contribution in [0.15, 0.2) is 88.4 Å². The van der Waals surface area contributed by atoms with Gasteiger partial charge in [0.05, 0.1) is 12.8 Å². The van der Waals surface area contributed by atoms with Gasteiger partial charge >= 0.3 is 5.97 Å². The maximum absolute atomic E-state index is 12.4. The molecule has 0 aliphatic carbocycles. The zero-order chi connectivity index (χ0) is 24.2. The van der Waals surface area contributed by atoms with Gasteiger partial charge in [-0.05, 0) is 60.5 Å². The zero-order valence-electron chi connectivity index (χ0n) is 18.7. The van der Waals surface area contributed by atoms with Gasteiger partial charge in [-0.3, -0.25) is 4.79 Å². The lowest BCUT2D eigenvalue weighted by Gasteiger charge is -2.07. The van der Waals surface area contributed by atoms with Crippen molar-refractivity contribution in [2.75, 3.05) is 6.61 Å². The summed E-state index contributed by atoms with van der Waals surface area (Å²) in [5, 5.41) is 4.02. The average Bonchev–Trinajstić information content (AvgIpc) is 2.85. The van der Waals surface area contributed by atoms with E-state index in [9.17, 15) is 9.59 Å². The van der Waals surface area contributed by atoms with Crippen LogP contribution in [-0.2, 0) is 4.79 Å². The number of ether oxygens (including phenoxy) is 2. The monoisotopic (exact) mass is 520 g/mol. The predicted octanol–water partition coefficient (Wildman–Crippen LogP) is 6.01. The Balaban J connectivity index is 1.60. The summed E-state index contributed by atoms with van der Waals surface area (Å²) in [7, 11) is 0. The Morgan fingerprint density at radius 3 is 2.53 bits per heavy atom. The molecule has 0 aliphatic heterocycles. The summed E-state index contributed by atoms with van der Waals surface area (Å²) < 4.78 is 11.8. The fourth-order valence-electron chi connectivity index (χ4n) is 2.85. The van der Waals surface area contributed by atoms with Gasteiger partial charge in [-0.15, -0.1) is 0 Å². The van der Waals surface area contributed by atoms with Crippen LogP contribution in [0.25, 0.3) is 6.08 Å². The summed E-state index contributed by atoms with van der Waals surface area (Å²) in [6, 6.07) is 21.5. The number of benzene rings is 3. The van der Waals surface area contributed by atoms with Crippen LogP contribution in [0.5, 0.6) is 11.5 Å². The molecule has 34 heavy (non-hydrogen) atoms. The van der Waals surface area contributed by atoms with Gasteiger partial charge in [-0.25, -0.2) is 10.2 Å². The van der Waals surface area contributed by atoms with E-state index in [2.05, 4.69) is 33.4 Å². The minimum absolute atomic E-state index is 0.317. The molecule has 174 valence electrons. The van der Waals surface area contributed by atoms with Crippen molar-refractivity contribution in [3.63, 3.8) is 0 Å². The molecule has 0 aliphatic rings. The topological polar surface area (TPSA) is 77.0 Å². The molecule has 0 saturated heterocycles. The molecule has 0 saturated carbocycles. The number of hydrazone groups is 1. The van der Waals surface area contributed by atoms with E-state index in [0.717, 1.165) is 28.6 Å². The summed E-state index contributed by atoms with van der Waals surface area (Å²) in [6.07, 6.45) is 6.49. The third-order valence-electron chi connectivity index (χ3n) is 4.65. The Kier molecular flexibility index (Phi) is 9.61. The summed E-state index contributed by atoms with van der Waals surface area (Å²) >= 11 is 3.40. The number of hydrogen-bond donors (Lipinski definition) is 1. The molecule has 6 nitrogen and oxygen atoms in total. The highest BCUT2D eigenvalue weighted by Crippen LogP contribution is 2.22. The van der Waals surface area contributed by atoms with Crippen LogP contribution in [0.3, 0.4) is 0 Å². The smallest absolute Gasteiger partial charge is 0.336 e. The molecule has 0 heterocycles. The molecular weight excluding hydrogens is 496 g/mol. The predicted molar refractivity (Wildman–Crippen MR) is 137 cm³/mol. The lowest BCUT2D eigenvalue weighted by atomic mass is 10.2. The van der Waals surface area contributed by atoms with Gasteiger partial charge in [0.1, 0.15) is 11.5 Å². The molecule has 0 fully saturated rings. The number of rotatable bonds is 10. The number of esters is 1. The van der Waals surface area contributed by atoms with E-state index < -0.39 is 5.97 Å². The number of halogens is 1. The average molecular weight is 521 g/mol.